The summed E-state index contributed by atoms with van der Waals surface area (Å²) < 4.78 is 5.73. The molecule has 0 heterocycles. The van der Waals surface area contributed by atoms with Gasteiger partial charge >= 0.3 is 0 Å². The van der Waals surface area contributed by atoms with Gasteiger partial charge < -0.3 is 4.74 Å². The highest BCUT2D eigenvalue weighted by Crippen LogP contribution is 2.62. The Kier molecular flexibility index (Phi) is 6.08. The minimum absolute atomic E-state index is 0.485. The van der Waals surface area contributed by atoms with E-state index in [-0.39, 0.29) is 0 Å². The van der Waals surface area contributed by atoms with E-state index in [0.717, 1.165) is 35.5 Å². The molecule has 0 N–H and O–H groups in total. The number of ether oxygens (including phenoxy) is 1. The smallest absolute Gasteiger partial charge is 0.0608 e. The van der Waals surface area contributed by atoms with Crippen LogP contribution in [0.5, 0.6) is 0 Å². The fraction of sp³-hybridized carbons (Fsp3) is 0.923. The van der Waals surface area contributed by atoms with Crippen molar-refractivity contribution >= 4 is 0 Å². The second kappa shape index (κ2) is 8.21. The van der Waals surface area contributed by atoms with Crippen LogP contribution in [-0.2, 0) is 4.74 Å². The Hall–Kier alpha value is -0.300. The fourth-order valence-electron chi connectivity index (χ4n) is 7.92. The number of methoxy groups -OCH3 is 1. The Morgan fingerprint density at radius 2 is 1.85 bits per heavy atom. The molecular formula is C26H44O. The summed E-state index contributed by atoms with van der Waals surface area (Å²) in [5.41, 5.74) is 2.27. The first-order valence-electron chi connectivity index (χ1n) is 12.2. The molecule has 4 aliphatic rings. The van der Waals surface area contributed by atoms with Crippen LogP contribution in [0.3, 0.4) is 0 Å². The van der Waals surface area contributed by atoms with E-state index < -0.39 is 0 Å². The summed E-state index contributed by atoms with van der Waals surface area (Å²) in [6, 6.07) is 0. The molecule has 0 spiro atoms. The number of fused-ring (bicyclic) bond motifs is 5. The SMILES string of the molecule is CO[C@H]1CC[C@@]2(C)C(=CC[C@H]3C4CCC(CCCCC(C)C)C4CC[C@H]32)C1. The molecule has 154 valence electrons. The zero-order valence-electron chi connectivity index (χ0n) is 18.5. The van der Waals surface area contributed by atoms with Crippen molar-refractivity contribution in [3.63, 3.8) is 0 Å². The fourth-order valence-corrected chi connectivity index (χ4v) is 7.92. The molecule has 4 aliphatic carbocycles. The van der Waals surface area contributed by atoms with Crippen molar-refractivity contribution in [2.24, 2.45) is 40.9 Å². The van der Waals surface area contributed by atoms with Crippen LogP contribution >= 0.6 is 0 Å². The summed E-state index contributed by atoms with van der Waals surface area (Å²) in [6.45, 7) is 7.37. The Morgan fingerprint density at radius 3 is 2.63 bits per heavy atom. The van der Waals surface area contributed by atoms with Gasteiger partial charge in [0.2, 0.25) is 0 Å². The van der Waals surface area contributed by atoms with Crippen LogP contribution in [0.25, 0.3) is 0 Å². The van der Waals surface area contributed by atoms with Gasteiger partial charge in [-0.05, 0) is 92.3 Å². The minimum Gasteiger partial charge on any atom is -0.381 e. The average Bonchev–Trinajstić information content (AvgIpc) is 3.08. The number of unbranched alkanes of at least 4 members (excludes halogenated alkanes) is 1. The van der Waals surface area contributed by atoms with Crippen molar-refractivity contribution in [1.29, 1.82) is 0 Å². The maximum absolute atomic E-state index is 5.73. The Bertz CT molecular complexity index is 534. The van der Waals surface area contributed by atoms with Crippen molar-refractivity contribution < 1.29 is 4.74 Å². The highest BCUT2D eigenvalue weighted by molar-refractivity contribution is 5.24. The lowest BCUT2D eigenvalue weighted by molar-refractivity contribution is -0.0200. The van der Waals surface area contributed by atoms with Crippen molar-refractivity contribution in [2.45, 2.75) is 104 Å². The molecule has 4 rings (SSSR count). The van der Waals surface area contributed by atoms with Gasteiger partial charge in [0.15, 0.2) is 0 Å². The van der Waals surface area contributed by atoms with Gasteiger partial charge in [-0.1, -0.05) is 58.1 Å². The van der Waals surface area contributed by atoms with Crippen LogP contribution in [0.4, 0.5) is 0 Å². The van der Waals surface area contributed by atoms with Crippen LogP contribution in [0.1, 0.15) is 97.8 Å². The van der Waals surface area contributed by atoms with E-state index in [9.17, 15) is 0 Å². The molecule has 7 atom stereocenters. The normalized spacial score (nSPS) is 43.8. The molecule has 27 heavy (non-hydrogen) atoms. The molecular weight excluding hydrogens is 328 g/mol. The van der Waals surface area contributed by atoms with E-state index in [1.54, 1.807) is 18.4 Å². The summed E-state index contributed by atoms with van der Waals surface area (Å²) in [5.74, 6) is 6.03. The highest BCUT2D eigenvalue weighted by atomic mass is 16.5. The number of rotatable bonds is 6. The maximum atomic E-state index is 5.73. The number of hydrogen-bond acceptors (Lipinski definition) is 1. The van der Waals surface area contributed by atoms with Gasteiger partial charge in [0.05, 0.1) is 6.10 Å². The molecule has 0 aromatic carbocycles. The molecule has 0 bridgehead atoms. The summed E-state index contributed by atoms with van der Waals surface area (Å²) in [7, 11) is 1.91. The van der Waals surface area contributed by atoms with E-state index in [2.05, 4.69) is 26.8 Å². The summed E-state index contributed by atoms with van der Waals surface area (Å²) >= 11 is 0. The highest BCUT2D eigenvalue weighted by Gasteiger charge is 2.53. The summed E-state index contributed by atoms with van der Waals surface area (Å²) in [5, 5.41) is 0. The molecule has 0 saturated heterocycles. The molecule has 1 nitrogen and oxygen atoms in total. The summed E-state index contributed by atoms with van der Waals surface area (Å²) in [6.07, 6.45) is 20.5. The average molecular weight is 373 g/mol. The number of hydrogen-bond donors (Lipinski definition) is 0. The molecule has 3 saturated carbocycles. The lowest BCUT2D eigenvalue weighted by atomic mass is 9.50. The first-order chi connectivity index (χ1) is 13.0. The molecule has 0 radical (unpaired) electrons. The zero-order chi connectivity index (χ0) is 19.0. The van der Waals surface area contributed by atoms with E-state index in [0.29, 0.717) is 11.5 Å². The second-order valence-corrected chi connectivity index (χ2v) is 11.2. The Balaban J connectivity index is 1.40. The molecule has 1 heteroatoms. The largest absolute Gasteiger partial charge is 0.381 e. The number of allylic oxidation sites excluding steroid dienone is 1. The van der Waals surface area contributed by atoms with Crippen molar-refractivity contribution in [1.82, 2.24) is 0 Å². The predicted octanol–water partition coefficient (Wildman–Crippen LogP) is 7.41. The van der Waals surface area contributed by atoms with Gasteiger partial charge in [-0.3, -0.25) is 0 Å². The third-order valence-electron chi connectivity index (χ3n) is 9.47. The zero-order valence-corrected chi connectivity index (χ0v) is 18.5. The molecule has 0 aromatic heterocycles. The molecule has 3 fully saturated rings. The molecule has 3 unspecified atom stereocenters. The van der Waals surface area contributed by atoms with Gasteiger partial charge in [-0.2, -0.15) is 0 Å². The van der Waals surface area contributed by atoms with Crippen LogP contribution < -0.4 is 0 Å². The van der Waals surface area contributed by atoms with Gasteiger partial charge in [-0.25, -0.2) is 0 Å². The van der Waals surface area contributed by atoms with Gasteiger partial charge in [0, 0.05) is 7.11 Å². The Labute approximate surface area is 168 Å². The third kappa shape index (κ3) is 3.79. The van der Waals surface area contributed by atoms with Crippen molar-refractivity contribution in [2.75, 3.05) is 7.11 Å². The molecule has 0 aromatic rings. The van der Waals surface area contributed by atoms with Crippen LogP contribution in [0, 0.1) is 40.9 Å². The first kappa shape index (κ1) is 20.0. The lowest BCUT2D eigenvalue weighted by Crippen LogP contribution is -2.47. The van der Waals surface area contributed by atoms with Crippen LogP contribution in [0.2, 0.25) is 0 Å². The minimum atomic E-state index is 0.485. The third-order valence-corrected chi connectivity index (χ3v) is 9.47. The molecule has 0 amide bonds. The monoisotopic (exact) mass is 372 g/mol. The maximum Gasteiger partial charge on any atom is 0.0608 e. The summed E-state index contributed by atoms with van der Waals surface area (Å²) in [4.78, 5) is 0. The van der Waals surface area contributed by atoms with Crippen LogP contribution in [0.15, 0.2) is 11.6 Å². The Morgan fingerprint density at radius 1 is 1.04 bits per heavy atom. The topological polar surface area (TPSA) is 9.23 Å². The quantitative estimate of drug-likeness (QED) is 0.348. The second-order valence-electron chi connectivity index (χ2n) is 11.2. The van der Waals surface area contributed by atoms with Gasteiger partial charge in [-0.15, -0.1) is 0 Å². The van der Waals surface area contributed by atoms with Gasteiger partial charge in [0.25, 0.3) is 0 Å². The van der Waals surface area contributed by atoms with E-state index >= 15 is 0 Å². The lowest BCUT2D eigenvalue weighted by Gasteiger charge is -2.55. The molecule has 0 aliphatic heterocycles. The van der Waals surface area contributed by atoms with Crippen LogP contribution in [-0.4, -0.2) is 13.2 Å². The van der Waals surface area contributed by atoms with Crippen molar-refractivity contribution in [3.8, 4) is 0 Å². The first-order valence-corrected chi connectivity index (χ1v) is 12.2. The van der Waals surface area contributed by atoms with E-state index in [1.165, 1.54) is 64.2 Å². The standard InChI is InChI=1S/C26H44O/c1-18(2)7-5-6-8-19-9-11-23-22(19)13-14-25-24(23)12-10-20-17-21(27-4)15-16-26(20,25)3/h10,18-19,21-25H,5-9,11-17H2,1-4H3/t19?,21-,22?,23?,24-,25+,26-/m0/s1. The van der Waals surface area contributed by atoms with E-state index in [4.69, 9.17) is 4.74 Å². The predicted molar refractivity (Wildman–Crippen MR) is 115 cm³/mol. The van der Waals surface area contributed by atoms with Crippen molar-refractivity contribution in [3.05, 3.63) is 11.6 Å². The van der Waals surface area contributed by atoms with E-state index in [1.807, 2.05) is 7.11 Å². The van der Waals surface area contributed by atoms with Gasteiger partial charge in [0.1, 0.15) is 0 Å².